The summed E-state index contributed by atoms with van der Waals surface area (Å²) < 4.78 is 1.57. The van der Waals surface area contributed by atoms with Crippen LogP contribution in [0.2, 0.25) is 0 Å². The van der Waals surface area contributed by atoms with Crippen LogP contribution in [0.3, 0.4) is 0 Å². The Morgan fingerprint density at radius 3 is 2.42 bits per heavy atom. The Kier molecular flexibility index (Phi) is 6.18. The molecule has 0 unspecified atom stereocenters. The average Bonchev–Trinajstić information content (AvgIpc) is 2.78. The van der Waals surface area contributed by atoms with Gasteiger partial charge in [0, 0.05) is 5.69 Å². The van der Waals surface area contributed by atoms with Gasteiger partial charge in [-0.2, -0.15) is 0 Å². The molecule has 0 saturated heterocycles. The van der Waals surface area contributed by atoms with Gasteiger partial charge in [0.15, 0.2) is 5.16 Å². The molecule has 1 amide bonds. The molecule has 0 aliphatic heterocycles. The monoisotopic (exact) mass is 429 g/mol. The highest BCUT2D eigenvalue weighted by molar-refractivity contribution is 7.99. The summed E-state index contributed by atoms with van der Waals surface area (Å²) in [6.07, 6.45) is 0. The lowest BCUT2D eigenvalue weighted by molar-refractivity contribution is -0.113. The van der Waals surface area contributed by atoms with Gasteiger partial charge in [0.1, 0.15) is 0 Å². The molecule has 5 nitrogen and oxygen atoms in total. The lowest BCUT2D eigenvalue weighted by Gasteiger charge is -2.15. The van der Waals surface area contributed by atoms with E-state index in [0.717, 1.165) is 16.9 Å². The molecule has 0 aliphatic carbocycles. The van der Waals surface area contributed by atoms with Crippen LogP contribution in [0.5, 0.6) is 0 Å². The molecule has 31 heavy (non-hydrogen) atoms. The van der Waals surface area contributed by atoms with Gasteiger partial charge in [-0.15, -0.1) is 0 Å². The van der Waals surface area contributed by atoms with E-state index >= 15 is 0 Å². The summed E-state index contributed by atoms with van der Waals surface area (Å²) in [5.74, 6) is 0.305. The summed E-state index contributed by atoms with van der Waals surface area (Å²) in [6, 6.07) is 24.4. The third-order valence-corrected chi connectivity index (χ3v) is 5.89. The second-order valence-electron chi connectivity index (χ2n) is 7.47. The van der Waals surface area contributed by atoms with Crippen molar-refractivity contribution in [2.45, 2.75) is 24.9 Å². The Morgan fingerprint density at radius 1 is 0.968 bits per heavy atom. The van der Waals surface area contributed by atoms with Crippen LogP contribution in [0, 0.1) is 0 Å². The van der Waals surface area contributed by atoms with Crippen molar-refractivity contribution in [1.29, 1.82) is 0 Å². The lowest BCUT2D eigenvalue weighted by Crippen LogP contribution is -2.23. The molecule has 0 radical (unpaired) electrons. The van der Waals surface area contributed by atoms with E-state index in [4.69, 9.17) is 0 Å². The van der Waals surface area contributed by atoms with Crippen LogP contribution in [0.4, 0.5) is 5.69 Å². The number of nitrogens with zero attached hydrogens (tertiary/aromatic N) is 2. The fourth-order valence-electron chi connectivity index (χ4n) is 3.44. The van der Waals surface area contributed by atoms with Crippen LogP contribution >= 0.6 is 11.8 Å². The predicted octanol–water partition coefficient (Wildman–Crippen LogP) is 5.24. The number of thioether (sulfide) groups is 1. The standard InChI is InChI=1S/C25H23N3O2S/c1-17(2)19-12-6-8-14-21(19)26-23(29)16-31-25-27-22-15-9-7-13-20(22)24(30)28(25)18-10-4-3-5-11-18/h3-15,17H,16H2,1-2H3,(H,26,29). The Hall–Kier alpha value is -3.38. The number of hydrogen-bond donors (Lipinski definition) is 1. The molecule has 0 saturated carbocycles. The smallest absolute Gasteiger partial charge is 0.266 e. The fourth-order valence-corrected chi connectivity index (χ4v) is 4.26. The van der Waals surface area contributed by atoms with Gasteiger partial charge < -0.3 is 5.32 Å². The number of benzene rings is 3. The van der Waals surface area contributed by atoms with Crippen molar-refractivity contribution < 1.29 is 4.79 Å². The molecular weight excluding hydrogens is 406 g/mol. The summed E-state index contributed by atoms with van der Waals surface area (Å²) in [5, 5.41) is 4.03. The van der Waals surface area contributed by atoms with Crippen molar-refractivity contribution in [3.63, 3.8) is 0 Å². The maximum Gasteiger partial charge on any atom is 0.266 e. The number of hydrogen-bond acceptors (Lipinski definition) is 4. The maximum absolute atomic E-state index is 13.2. The van der Waals surface area contributed by atoms with Crippen molar-refractivity contribution in [3.8, 4) is 5.69 Å². The first-order valence-corrected chi connectivity index (χ1v) is 11.1. The molecule has 0 bridgehead atoms. The number of carbonyl (C=O) groups excluding carboxylic acids is 1. The molecule has 1 heterocycles. The van der Waals surface area contributed by atoms with Gasteiger partial charge in [0.25, 0.3) is 5.56 Å². The predicted molar refractivity (Wildman–Crippen MR) is 127 cm³/mol. The molecule has 0 fully saturated rings. The molecule has 0 atom stereocenters. The van der Waals surface area contributed by atoms with Gasteiger partial charge in [-0.05, 0) is 41.8 Å². The van der Waals surface area contributed by atoms with Crippen molar-refractivity contribution >= 4 is 34.3 Å². The minimum atomic E-state index is -0.148. The minimum Gasteiger partial charge on any atom is -0.325 e. The molecule has 4 rings (SSSR count). The van der Waals surface area contributed by atoms with Gasteiger partial charge in [-0.3, -0.25) is 14.2 Å². The first-order chi connectivity index (χ1) is 15.0. The van der Waals surface area contributed by atoms with E-state index in [2.05, 4.69) is 24.1 Å². The van der Waals surface area contributed by atoms with Gasteiger partial charge in [0.05, 0.1) is 22.3 Å². The minimum absolute atomic E-state index is 0.139. The first-order valence-electron chi connectivity index (χ1n) is 10.1. The molecule has 1 N–H and O–H groups in total. The number of nitrogens with one attached hydrogen (secondary N) is 1. The van der Waals surface area contributed by atoms with E-state index in [-0.39, 0.29) is 17.2 Å². The third-order valence-electron chi connectivity index (χ3n) is 4.95. The SMILES string of the molecule is CC(C)c1ccccc1NC(=O)CSc1nc2ccccc2c(=O)n1-c1ccccc1. The zero-order valence-corrected chi connectivity index (χ0v) is 18.2. The van der Waals surface area contributed by atoms with E-state index in [1.165, 1.54) is 11.8 Å². The quantitative estimate of drug-likeness (QED) is 0.336. The maximum atomic E-state index is 13.2. The second-order valence-corrected chi connectivity index (χ2v) is 8.41. The molecule has 3 aromatic carbocycles. The number of para-hydroxylation sites is 3. The molecule has 156 valence electrons. The van der Waals surface area contributed by atoms with Crippen molar-refractivity contribution in [2.24, 2.45) is 0 Å². The van der Waals surface area contributed by atoms with E-state index in [1.807, 2.05) is 72.8 Å². The van der Waals surface area contributed by atoms with Crippen LogP contribution < -0.4 is 10.9 Å². The molecular formula is C25H23N3O2S. The van der Waals surface area contributed by atoms with Gasteiger partial charge in [0.2, 0.25) is 5.91 Å². The fraction of sp³-hybridized carbons (Fsp3) is 0.160. The Bertz CT molecular complexity index is 1280. The molecule has 0 spiro atoms. The summed E-state index contributed by atoms with van der Waals surface area (Å²) in [7, 11) is 0. The average molecular weight is 430 g/mol. The first kappa shape index (κ1) is 20.9. The number of amides is 1. The second kappa shape index (κ2) is 9.18. The van der Waals surface area contributed by atoms with Crippen LogP contribution in [-0.2, 0) is 4.79 Å². The summed E-state index contributed by atoms with van der Waals surface area (Å²) in [6.45, 7) is 4.19. The van der Waals surface area contributed by atoms with Crippen molar-refractivity contribution in [3.05, 3.63) is 94.8 Å². The number of fused-ring (bicyclic) bond motifs is 1. The van der Waals surface area contributed by atoms with E-state index < -0.39 is 0 Å². The highest BCUT2D eigenvalue weighted by Crippen LogP contribution is 2.25. The van der Waals surface area contributed by atoms with Gasteiger partial charge >= 0.3 is 0 Å². The Morgan fingerprint density at radius 2 is 1.65 bits per heavy atom. The number of carbonyl (C=O) groups is 1. The molecule has 1 aromatic heterocycles. The van der Waals surface area contributed by atoms with E-state index in [9.17, 15) is 9.59 Å². The molecule has 6 heteroatoms. The lowest BCUT2D eigenvalue weighted by atomic mass is 10.0. The van der Waals surface area contributed by atoms with Crippen LogP contribution in [-0.4, -0.2) is 21.2 Å². The zero-order valence-electron chi connectivity index (χ0n) is 17.4. The number of aromatic nitrogens is 2. The van der Waals surface area contributed by atoms with Gasteiger partial charge in [-0.25, -0.2) is 4.98 Å². The van der Waals surface area contributed by atoms with Crippen molar-refractivity contribution in [1.82, 2.24) is 9.55 Å². The highest BCUT2D eigenvalue weighted by Gasteiger charge is 2.15. The molecule has 4 aromatic rings. The Balaban J connectivity index is 1.64. The summed E-state index contributed by atoms with van der Waals surface area (Å²) >= 11 is 1.25. The topological polar surface area (TPSA) is 64.0 Å². The van der Waals surface area contributed by atoms with E-state index in [0.29, 0.717) is 22.0 Å². The number of rotatable bonds is 6. The third kappa shape index (κ3) is 4.54. The summed E-state index contributed by atoms with van der Waals surface area (Å²) in [4.78, 5) is 30.6. The Labute approximate surface area is 185 Å². The highest BCUT2D eigenvalue weighted by atomic mass is 32.2. The van der Waals surface area contributed by atoms with Crippen molar-refractivity contribution in [2.75, 3.05) is 11.1 Å². The van der Waals surface area contributed by atoms with Crippen LogP contribution in [0.25, 0.3) is 16.6 Å². The number of anilines is 1. The van der Waals surface area contributed by atoms with Gasteiger partial charge in [-0.1, -0.05) is 74.1 Å². The zero-order chi connectivity index (χ0) is 21.8. The normalized spacial score (nSPS) is 11.1. The molecule has 0 aliphatic rings. The van der Waals surface area contributed by atoms with Crippen LogP contribution in [0.15, 0.2) is 88.8 Å². The largest absolute Gasteiger partial charge is 0.325 e. The summed E-state index contributed by atoms with van der Waals surface area (Å²) in [5.41, 5.74) is 3.09. The van der Waals surface area contributed by atoms with Crippen LogP contribution in [0.1, 0.15) is 25.3 Å². The van der Waals surface area contributed by atoms with E-state index in [1.54, 1.807) is 10.6 Å².